The summed E-state index contributed by atoms with van der Waals surface area (Å²) in [5.74, 6) is 2.14. The number of thiophene rings is 6. The first-order valence-corrected chi connectivity index (χ1v) is 29.6. The Morgan fingerprint density at radius 3 is 0.806 bits per heavy atom. The molecule has 0 saturated heterocycles. The summed E-state index contributed by atoms with van der Waals surface area (Å²) in [5.41, 5.74) is 9.24. The third-order valence-corrected chi connectivity index (χ3v) is 21.3. The Kier molecular flexibility index (Phi) is 18.9. The van der Waals surface area contributed by atoms with Crippen LogP contribution in [0.1, 0.15) is 226 Å². The van der Waals surface area contributed by atoms with E-state index in [1.54, 1.807) is 41.8 Å². The monoisotopic (exact) mass is 942 g/mol. The Morgan fingerprint density at radius 2 is 0.548 bits per heavy atom. The summed E-state index contributed by atoms with van der Waals surface area (Å²) in [6, 6.07) is 15.7. The molecule has 0 aliphatic heterocycles. The van der Waals surface area contributed by atoms with Crippen LogP contribution in [-0.2, 0) is 25.7 Å². The molecule has 0 N–H and O–H groups in total. The van der Waals surface area contributed by atoms with Gasteiger partial charge in [-0.1, -0.05) is 134 Å². The summed E-state index contributed by atoms with van der Waals surface area (Å²) in [4.78, 5) is 18.1. The highest BCUT2D eigenvalue weighted by molar-refractivity contribution is 7.28. The van der Waals surface area contributed by atoms with E-state index in [9.17, 15) is 0 Å². The van der Waals surface area contributed by atoms with Crippen LogP contribution in [0.3, 0.4) is 0 Å². The summed E-state index contributed by atoms with van der Waals surface area (Å²) < 4.78 is 0. The smallest absolute Gasteiger partial charge is 0.0528 e. The molecule has 0 amide bonds. The number of rotatable bonds is 25. The lowest BCUT2D eigenvalue weighted by Gasteiger charge is -2.06. The van der Waals surface area contributed by atoms with Gasteiger partial charge in [0.05, 0.1) is 9.75 Å². The minimum absolute atomic E-state index is 0.528. The number of hydrogen-bond acceptors (Lipinski definition) is 6. The molecule has 6 rings (SSSR count). The summed E-state index contributed by atoms with van der Waals surface area (Å²) in [6.45, 7) is 28.5. The molecule has 338 valence electrons. The quantitative estimate of drug-likeness (QED) is 0.0502. The number of aryl methyl sites for hydroxylation is 4. The van der Waals surface area contributed by atoms with Gasteiger partial charge < -0.3 is 0 Å². The SMILES string of the molecule is CCCCCc1cc(-c2cc(-c3cc(-c4cc(CCCCC)c(C(C)C)s4)sc3-c3cc(CCCCC)c(C(C)C)s3)c(-c3cc(CCCCC)c(C(C)C)s3)s2)sc1C(C)C. The van der Waals surface area contributed by atoms with E-state index in [4.69, 9.17) is 0 Å². The van der Waals surface area contributed by atoms with E-state index >= 15 is 0 Å². The fourth-order valence-corrected chi connectivity index (χ4v) is 16.6. The van der Waals surface area contributed by atoms with Gasteiger partial charge in [-0.2, -0.15) is 0 Å². The molecule has 0 radical (unpaired) electrons. The Morgan fingerprint density at radius 1 is 0.306 bits per heavy atom. The lowest BCUT2D eigenvalue weighted by Crippen LogP contribution is -1.90. The minimum atomic E-state index is 0.528. The Labute approximate surface area is 402 Å². The van der Waals surface area contributed by atoms with E-state index in [0.29, 0.717) is 23.7 Å². The maximum Gasteiger partial charge on any atom is 0.0528 e. The molecule has 6 aromatic rings. The van der Waals surface area contributed by atoms with Crippen LogP contribution in [0.25, 0.3) is 50.1 Å². The van der Waals surface area contributed by atoms with E-state index in [1.165, 1.54) is 153 Å². The van der Waals surface area contributed by atoms with Crippen molar-refractivity contribution < 1.29 is 0 Å². The van der Waals surface area contributed by atoms with Crippen LogP contribution in [-0.4, -0.2) is 0 Å². The van der Waals surface area contributed by atoms with E-state index in [-0.39, 0.29) is 0 Å². The zero-order chi connectivity index (χ0) is 44.5. The molecule has 6 aromatic heterocycles. The Hall–Kier alpha value is -1.80. The lowest BCUT2D eigenvalue weighted by molar-refractivity contribution is 0.711. The highest BCUT2D eigenvalue weighted by Crippen LogP contribution is 2.55. The second-order valence-corrected chi connectivity index (χ2v) is 25.6. The second kappa shape index (κ2) is 23.6. The van der Waals surface area contributed by atoms with Gasteiger partial charge in [0.25, 0.3) is 0 Å². The van der Waals surface area contributed by atoms with E-state index in [1.807, 2.05) is 0 Å². The van der Waals surface area contributed by atoms with Crippen molar-refractivity contribution in [3.8, 4) is 50.1 Å². The third kappa shape index (κ3) is 12.0. The molecule has 6 heterocycles. The van der Waals surface area contributed by atoms with Crippen molar-refractivity contribution in [2.75, 3.05) is 0 Å². The second-order valence-electron chi connectivity index (χ2n) is 19.2. The summed E-state index contributed by atoms with van der Waals surface area (Å²) >= 11 is 12.5. The van der Waals surface area contributed by atoms with Crippen molar-refractivity contribution in [3.63, 3.8) is 0 Å². The predicted octanol–water partition coefficient (Wildman–Crippen LogP) is 21.8. The van der Waals surface area contributed by atoms with Gasteiger partial charge in [0, 0.05) is 59.9 Å². The topological polar surface area (TPSA) is 0 Å². The standard InChI is InChI=1S/C56H78S6/c1-13-17-21-25-39-29-45(57-51(39)35(5)6)47-33-43(55(59-47)49-31-41(27-23-19-15-3)53(61-49)37(9)10)44-34-48(46-30-40(26-22-18-14-2)52(58-46)36(7)8)60-56(44)50-32-42(28-24-20-16-4)54(62-50)38(11)12/h29-38H,13-28H2,1-12H3. The third-order valence-electron chi connectivity index (χ3n) is 12.4. The number of unbranched alkanes of at least 4 members (excludes halogenated alkanes) is 8. The van der Waals surface area contributed by atoms with E-state index in [2.05, 4.69) is 188 Å². The van der Waals surface area contributed by atoms with Gasteiger partial charge >= 0.3 is 0 Å². The number of hydrogen-bond donors (Lipinski definition) is 0. The molecule has 0 saturated carbocycles. The van der Waals surface area contributed by atoms with Gasteiger partial charge in [0.2, 0.25) is 0 Å². The van der Waals surface area contributed by atoms with Gasteiger partial charge in [0.15, 0.2) is 0 Å². The molecule has 6 heteroatoms. The molecule has 0 fully saturated rings. The predicted molar refractivity (Wildman–Crippen MR) is 290 cm³/mol. The maximum absolute atomic E-state index is 2.63. The van der Waals surface area contributed by atoms with Crippen LogP contribution >= 0.6 is 68.0 Å². The van der Waals surface area contributed by atoms with Gasteiger partial charge in [-0.05, 0) is 134 Å². The molecule has 0 nitrogen and oxygen atoms in total. The van der Waals surface area contributed by atoms with Crippen molar-refractivity contribution in [1.29, 1.82) is 0 Å². The molecule has 0 aliphatic carbocycles. The molecule has 0 atom stereocenters. The summed E-state index contributed by atoms with van der Waals surface area (Å²) in [7, 11) is 0. The fourth-order valence-electron chi connectivity index (χ4n) is 9.03. The molecular formula is C56H78S6. The van der Waals surface area contributed by atoms with Crippen molar-refractivity contribution >= 4 is 68.0 Å². The Balaban J connectivity index is 1.60. The van der Waals surface area contributed by atoms with Crippen LogP contribution in [0.4, 0.5) is 0 Å². The van der Waals surface area contributed by atoms with Gasteiger partial charge in [-0.15, -0.1) is 68.0 Å². The average Bonchev–Trinajstić information content (AvgIpc) is 4.09. The fraction of sp³-hybridized carbons (Fsp3) is 0.571. The first-order chi connectivity index (χ1) is 29.9. The molecular weight excluding hydrogens is 865 g/mol. The van der Waals surface area contributed by atoms with Crippen molar-refractivity contribution in [2.24, 2.45) is 0 Å². The van der Waals surface area contributed by atoms with Gasteiger partial charge in [0.1, 0.15) is 0 Å². The van der Waals surface area contributed by atoms with Crippen LogP contribution in [0.2, 0.25) is 0 Å². The lowest BCUT2D eigenvalue weighted by atomic mass is 10.00. The Bertz CT molecular complexity index is 2120. The molecule has 0 aromatic carbocycles. The van der Waals surface area contributed by atoms with Crippen LogP contribution in [0, 0.1) is 0 Å². The van der Waals surface area contributed by atoms with Crippen molar-refractivity contribution in [3.05, 3.63) is 78.2 Å². The van der Waals surface area contributed by atoms with Crippen LogP contribution < -0.4 is 0 Å². The normalized spacial score (nSPS) is 12.2. The average molecular weight is 944 g/mol. The van der Waals surface area contributed by atoms with Crippen LogP contribution in [0.15, 0.2) is 36.4 Å². The van der Waals surface area contributed by atoms with Crippen LogP contribution in [0.5, 0.6) is 0 Å². The van der Waals surface area contributed by atoms with Crippen molar-refractivity contribution in [1.82, 2.24) is 0 Å². The van der Waals surface area contributed by atoms with Crippen molar-refractivity contribution in [2.45, 2.75) is 209 Å². The zero-order valence-corrected chi connectivity index (χ0v) is 45.4. The highest BCUT2D eigenvalue weighted by Gasteiger charge is 2.27. The summed E-state index contributed by atoms with van der Waals surface area (Å²) in [5, 5.41) is 0. The van der Waals surface area contributed by atoms with E-state index in [0.717, 1.165) is 0 Å². The minimum Gasteiger partial charge on any atom is -0.139 e. The molecule has 62 heavy (non-hydrogen) atoms. The molecule has 0 bridgehead atoms. The molecule has 0 spiro atoms. The first kappa shape index (κ1) is 49.6. The maximum atomic E-state index is 2.63. The van der Waals surface area contributed by atoms with Gasteiger partial charge in [-0.25, -0.2) is 0 Å². The zero-order valence-electron chi connectivity index (χ0n) is 40.5. The largest absolute Gasteiger partial charge is 0.139 e. The van der Waals surface area contributed by atoms with E-state index < -0.39 is 0 Å². The molecule has 0 unspecified atom stereocenters. The first-order valence-electron chi connectivity index (χ1n) is 24.7. The summed E-state index contributed by atoms with van der Waals surface area (Å²) in [6.07, 6.45) is 20.2. The highest BCUT2D eigenvalue weighted by atomic mass is 32.1. The molecule has 0 aliphatic rings. The van der Waals surface area contributed by atoms with Gasteiger partial charge in [-0.3, -0.25) is 0 Å².